The molecule has 1 N–H and O–H groups in total. The third-order valence-electron chi connectivity index (χ3n) is 2.02. The molecule has 0 unspecified atom stereocenters. The van der Waals surface area contributed by atoms with Crippen molar-refractivity contribution >= 4 is 17.7 Å². The number of anilines is 1. The van der Waals surface area contributed by atoms with Crippen LogP contribution in [0, 0.1) is 6.92 Å². The normalized spacial score (nSPS) is 10.6. The van der Waals surface area contributed by atoms with E-state index in [0.717, 1.165) is 30.5 Å². The van der Waals surface area contributed by atoms with Crippen molar-refractivity contribution in [3.63, 3.8) is 0 Å². The number of nitrogens with zero attached hydrogens (tertiary/aromatic N) is 2. The topological polar surface area (TPSA) is 39.1 Å². The predicted molar refractivity (Wildman–Crippen MR) is 65.7 cm³/mol. The molecule has 15 heavy (non-hydrogen) atoms. The second-order valence-corrected chi connectivity index (χ2v) is 4.30. The largest absolute Gasteiger partial charge is 0.383 e. The summed E-state index contributed by atoms with van der Waals surface area (Å²) in [6.07, 6.45) is 4.19. The van der Waals surface area contributed by atoms with Gasteiger partial charge in [0.2, 0.25) is 5.95 Å². The van der Waals surface area contributed by atoms with Gasteiger partial charge in [0.05, 0.1) is 12.3 Å². The van der Waals surface area contributed by atoms with Gasteiger partial charge in [-0.1, -0.05) is 0 Å². The highest BCUT2D eigenvalue weighted by Gasteiger charge is 2.03. The first kappa shape index (κ1) is 12.4. The number of hydrogen-bond acceptors (Lipinski definition) is 4. The number of thioether (sulfide) groups is 1. The number of methoxy groups -OCH3 is 1. The molecule has 1 aromatic heterocycles. The van der Waals surface area contributed by atoms with Gasteiger partial charge in [-0.2, -0.15) is 11.8 Å². The maximum Gasteiger partial charge on any atom is 0.203 e. The van der Waals surface area contributed by atoms with E-state index in [4.69, 9.17) is 4.74 Å². The Morgan fingerprint density at radius 1 is 1.60 bits per heavy atom. The van der Waals surface area contributed by atoms with Crippen molar-refractivity contribution in [2.24, 2.45) is 0 Å². The molecular formula is C10H19N3OS. The molecule has 0 aromatic carbocycles. The Labute approximate surface area is 95.4 Å². The van der Waals surface area contributed by atoms with Gasteiger partial charge in [0, 0.05) is 32.1 Å². The Bertz CT molecular complexity index is 288. The molecule has 0 aliphatic rings. The van der Waals surface area contributed by atoms with Gasteiger partial charge < -0.3 is 14.6 Å². The summed E-state index contributed by atoms with van der Waals surface area (Å²) in [5.74, 6) is 2.05. The van der Waals surface area contributed by atoms with E-state index in [1.54, 1.807) is 7.11 Å². The van der Waals surface area contributed by atoms with Crippen LogP contribution in [0.25, 0.3) is 0 Å². The number of nitrogens with one attached hydrogen (secondary N) is 1. The molecule has 4 nitrogen and oxygen atoms in total. The second kappa shape index (κ2) is 6.74. The van der Waals surface area contributed by atoms with Crippen LogP contribution in [-0.4, -0.2) is 41.8 Å². The van der Waals surface area contributed by atoms with Gasteiger partial charge in [0.1, 0.15) is 0 Å². The van der Waals surface area contributed by atoms with E-state index < -0.39 is 0 Å². The zero-order valence-corrected chi connectivity index (χ0v) is 10.4. The van der Waals surface area contributed by atoms with Crippen molar-refractivity contribution < 1.29 is 4.74 Å². The Balaban J connectivity index is 2.51. The van der Waals surface area contributed by atoms with E-state index in [-0.39, 0.29) is 0 Å². The van der Waals surface area contributed by atoms with E-state index in [0.29, 0.717) is 6.61 Å². The lowest BCUT2D eigenvalue weighted by Crippen LogP contribution is -2.12. The van der Waals surface area contributed by atoms with Gasteiger partial charge >= 0.3 is 0 Å². The van der Waals surface area contributed by atoms with Crippen LogP contribution >= 0.6 is 11.8 Å². The third-order valence-corrected chi connectivity index (χ3v) is 2.61. The average Bonchev–Trinajstić information content (AvgIpc) is 2.56. The molecule has 1 rings (SSSR count). The number of hydrogen-bond donors (Lipinski definition) is 1. The number of ether oxygens (including phenoxy) is 1. The molecular weight excluding hydrogens is 210 g/mol. The first-order valence-corrected chi connectivity index (χ1v) is 6.43. The number of imidazole rings is 1. The van der Waals surface area contributed by atoms with Gasteiger partial charge in [-0.3, -0.25) is 0 Å². The SMILES string of the molecule is COCCNc1nc(C)cn1CCSC. The number of rotatable bonds is 7. The Morgan fingerprint density at radius 3 is 3.07 bits per heavy atom. The summed E-state index contributed by atoms with van der Waals surface area (Å²) in [6, 6.07) is 0. The van der Waals surface area contributed by atoms with Gasteiger partial charge in [-0.25, -0.2) is 4.98 Å². The summed E-state index contributed by atoms with van der Waals surface area (Å²) in [5, 5.41) is 3.26. The van der Waals surface area contributed by atoms with Crippen molar-refractivity contribution in [3.8, 4) is 0 Å². The minimum absolute atomic E-state index is 0.703. The average molecular weight is 229 g/mol. The summed E-state index contributed by atoms with van der Waals surface area (Å²) in [6.45, 7) is 4.51. The molecule has 1 aromatic rings. The van der Waals surface area contributed by atoms with Gasteiger partial charge in [0.15, 0.2) is 0 Å². The monoisotopic (exact) mass is 229 g/mol. The fourth-order valence-electron chi connectivity index (χ4n) is 1.31. The minimum atomic E-state index is 0.703. The van der Waals surface area contributed by atoms with E-state index in [1.807, 2.05) is 18.7 Å². The van der Waals surface area contributed by atoms with Crippen LogP contribution in [0.2, 0.25) is 0 Å². The lowest BCUT2D eigenvalue weighted by molar-refractivity contribution is 0.210. The Morgan fingerprint density at radius 2 is 2.40 bits per heavy atom. The highest BCUT2D eigenvalue weighted by atomic mass is 32.2. The maximum absolute atomic E-state index is 4.99. The van der Waals surface area contributed by atoms with Crippen LogP contribution in [0.3, 0.4) is 0 Å². The molecule has 1 heterocycles. The molecule has 0 atom stereocenters. The third kappa shape index (κ3) is 4.13. The minimum Gasteiger partial charge on any atom is -0.383 e. The van der Waals surface area contributed by atoms with Crippen LogP contribution in [0.4, 0.5) is 5.95 Å². The van der Waals surface area contributed by atoms with Crippen LogP contribution in [0.5, 0.6) is 0 Å². The summed E-state index contributed by atoms with van der Waals surface area (Å²) in [4.78, 5) is 4.42. The highest BCUT2D eigenvalue weighted by molar-refractivity contribution is 7.98. The van der Waals surface area contributed by atoms with Crippen LogP contribution in [-0.2, 0) is 11.3 Å². The predicted octanol–water partition coefficient (Wildman–Crippen LogP) is 1.61. The molecule has 0 spiro atoms. The summed E-state index contributed by atoms with van der Waals surface area (Å²) >= 11 is 1.84. The van der Waals surface area contributed by atoms with Crippen molar-refractivity contribution in [2.45, 2.75) is 13.5 Å². The molecule has 0 fully saturated rings. The molecule has 0 aliphatic carbocycles. The first-order valence-electron chi connectivity index (χ1n) is 5.03. The maximum atomic E-state index is 4.99. The number of aryl methyl sites for hydroxylation is 2. The zero-order chi connectivity index (χ0) is 11.1. The standard InChI is InChI=1S/C10H19N3OS/c1-9-8-13(5-7-15-3)10(12-9)11-4-6-14-2/h8H,4-7H2,1-3H3,(H,11,12). The van der Waals surface area contributed by atoms with Crippen molar-refractivity contribution in [2.75, 3.05) is 37.6 Å². The highest BCUT2D eigenvalue weighted by Crippen LogP contribution is 2.09. The van der Waals surface area contributed by atoms with E-state index in [9.17, 15) is 0 Å². The van der Waals surface area contributed by atoms with E-state index >= 15 is 0 Å². The van der Waals surface area contributed by atoms with Gasteiger partial charge in [0.25, 0.3) is 0 Å². The van der Waals surface area contributed by atoms with E-state index in [2.05, 4.69) is 27.3 Å². The summed E-state index contributed by atoms with van der Waals surface area (Å²) < 4.78 is 7.14. The quantitative estimate of drug-likeness (QED) is 0.721. The lowest BCUT2D eigenvalue weighted by atomic mass is 10.6. The van der Waals surface area contributed by atoms with Crippen molar-refractivity contribution in [3.05, 3.63) is 11.9 Å². The smallest absolute Gasteiger partial charge is 0.203 e. The summed E-state index contributed by atoms with van der Waals surface area (Å²) in [5.41, 5.74) is 1.05. The molecule has 86 valence electrons. The fraction of sp³-hybridized carbons (Fsp3) is 0.700. The van der Waals surface area contributed by atoms with Crippen LogP contribution in [0.15, 0.2) is 6.20 Å². The molecule has 5 heteroatoms. The molecule has 0 amide bonds. The lowest BCUT2D eigenvalue weighted by Gasteiger charge is -2.08. The van der Waals surface area contributed by atoms with Gasteiger partial charge in [-0.15, -0.1) is 0 Å². The number of aromatic nitrogens is 2. The van der Waals surface area contributed by atoms with Crippen molar-refractivity contribution in [1.29, 1.82) is 0 Å². The Kier molecular flexibility index (Phi) is 5.57. The molecule has 0 aliphatic heterocycles. The summed E-state index contributed by atoms with van der Waals surface area (Å²) in [7, 11) is 1.70. The van der Waals surface area contributed by atoms with Crippen molar-refractivity contribution in [1.82, 2.24) is 9.55 Å². The molecule has 0 saturated carbocycles. The molecule has 0 bridgehead atoms. The Hall–Kier alpha value is -0.680. The van der Waals surface area contributed by atoms with E-state index in [1.165, 1.54) is 0 Å². The molecule has 0 saturated heterocycles. The fourth-order valence-corrected chi connectivity index (χ4v) is 1.69. The zero-order valence-electron chi connectivity index (χ0n) is 9.62. The van der Waals surface area contributed by atoms with Crippen LogP contribution in [0.1, 0.15) is 5.69 Å². The second-order valence-electron chi connectivity index (χ2n) is 3.31. The van der Waals surface area contributed by atoms with Gasteiger partial charge in [-0.05, 0) is 13.2 Å². The van der Waals surface area contributed by atoms with Crippen LogP contribution < -0.4 is 5.32 Å². The molecule has 0 radical (unpaired) electrons. The first-order chi connectivity index (χ1) is 7.27.